The Hall–Kier alpha value is -1.51. The van der Waals surface area contributed by atoms with Gasteiger partial charge in [0.2, 0.25) is 5.91 Å². The molecule has 1 aromatic rings. The van der Waals surface area contributed by atoms with E-state index in [1.54, 1.807) is 0 Å². The summed E-state index contributed by atoms with van der Waals surface area (Å²) in [4.78, 5) is 12.3. The van der Waals surface area contributed by atoms with Crippen molar-refractivity contribution in [3.63, 3.8) is 0 Å². The summed E-state index contributed by atoms with van der Waals surface area (Å²) in [6.45, 7) is 3.05. The van der Waals surface area contributed by atoms with Crippen molar-refractivity contribution in [1.29, 1.82) is 0 Å². The van der Waals surface area contributed by atoms with Gasteiger partial charge in [0, 0.05) is 30.6 Å². The molecule has 1 aliphatic heterocycles. The predicted molar refractivity (Wildman–Crippen MR) is 86.5 cm³/mol. The molecular formula is C18H26N2O. The van der Waals surface area contributed by atoms with Gasteiger partial charge in [-0.05, 0) is 37.3 Å². The second-order valence-electron chi connectivity index (χ2n) is 6.62. The van der Waals surface area contributed by atoms with Crippen molar-refractivity contribution in [2.75, 3.05) is 11.9 Å². The fourth-order valence-electron chi connectivity index (χ4n) is 3.83. The van der Waals surface area contributed by atoms with Crippen LogP contribution >= 0.6 is 0 Å². The van der Waals surface area contributed by atoms with Crippen LogP contribution in [-0.2, 0) is 4.79 Å². The Morgan fingerprint density at radius 2 is 2.05 bits per heavy atom. The SMILES string of the molecule is C[C@@H](NC(=O)CC1CNc2ccccc21)C1CCCCC1. The molecule has 0 radical (unpaired) electrons. The van der Waals surface area contributed by atoms with Gasteiger partial charge in [-0.15, -0.1) is 0 Å². The van der Waals surface area contributed by atoms with Crippen molar-refractivity contribution in [2.24, 2.45) is 5.92 Å². The van der Waals surface area contributed by atoms with Gasteiger partial charge in [-0.1, -0.05) is 37.5 Å². The maximum absolute atomic E-state index is 12.3. The van der Waals surface area contributed by atoms with Crippen LogP contribution in [0.25, 0.3) is 0 Å². The second-order valence-corrected chi connectivity index (χ2v) is 6.62. The molecule has 1 heterocycles. The van der Waals surface area contributed by atoms with Crippen LogP contribution in [0.4, 0.5) is 5.69 Å². The summed E-state index contributed by atoms with van der Waals surface area (Å²) in [5, 5.41) is 6.63. The minimum atomic E-state index is 0.205. The van der Waals surface area contributed by atoms with Gasteiger partial charge in [0.25, 0.3) is 0 Å². The molecular weight excluding hydrogens is 260 g/mol. The fraction of sp³-hybridized carbons (Fsp3) is 0.611. The van der Waals surface area contributed by atoms with E-state index in [0.29, 0.717) is 24.3 Å². The Bertz CT molecular complexity index is 494. The lowest BCUT2D eigenvalue weighted by Gasteiger charge is -2.28. The van der Waals surface area contributed by atoms with Crippen LogP contribution in [0.3, 0.4) is 0 Å². The van der Waals surface area contributed by atoms with E-state index in [1.807, 2.05) is 6.07 Å². The lowest BCUT2D eigenvalue weighted by molar-refractivity contribution is -0.122. The highest BCUT2D eigenvalue weighted by molar-refractivity contribution is 5.78. The molecule has 1 unspecified atom stereocenters. The Morgan fingerprint density at radius 3 is 2.86 bits per heavy atom. The Kier molecular flexibility index (Phi) is 4.47. The third-order valence-corrected chi connectivity index (χ3v) is 5.12. The number of carbonyl (C=O) groups excluding carboxylic acids is 1. The summed E-state index contributed by atoms with van der Waals surface area (Å²) in [5.41, 5.74) is 2.48. The van der Waals surface area contributed by atoms with E-state index in [2.05, 4.69) is 35.8 Å². The van der Waals surface area contributed by atoms with Crippen LogP contribution in [0.1, 0.15) is 56.9 Å². The normalized spacial score (nSPS) is 23.2. The molecule has 1 amide bonds. The molecule has 3 heteroatoms. The van der Waals surface area contributed by atoms with Gasteiger partial charge < -0.3 is 10.6 Å². The number of rotatable bonds is 4. The Balaban J connectivity index is 1.53. The molecule has 1 aromatic carbocycles. The zero-order chi connectivity index (χ0) is 14.7. The van der Waals surface area contributed by atoms with Crippen molar-refractivity contribution in [3.05, 3.63) is 29.8 Å². The molecule has 1 saturated carbocycles. The molecule has 3 nitrogen and oxygen atoms in total. The molecule has 3 rings (SSSR count). The van der Waals surface area contributed by atoms with E-state index >= 15 is 0 Å². The number of para-hydroxylation sites is 1. The van der Waals surface area contributed by atoms with Crippen molar-refractivity contribution in [2.45, 2.75) is 57.4 Å². The lowest BCUT2D eigenvalue weighted by Crippen LogP contribution is -2.39. The number of amides is 1. The first-order valence-corrected chi connectivity index (χ1v) is 8.36. The Labute approximate surface area is 127 Å². The number of nitrogens with one attached hydrogen (secondary N) is 2. The Morgan fingerprint density at radius 1 is 1.29 bits per heavy atom. The highest BCUT2D eigenvalue weighted by atomic mass is 16.1. The summed E-state index contributed by atoms with van der Waals surface area (Å²) < 4.78 is 0. The molecule has 0 aromatic heterocycles. The number of carbonyl (C=O) groups is 1. The first-order chi connectivity index (χ1) is 10.2. The molecule has 2 atom stereocenters. The molecule has 1 aliphatic carbocycles. The molecule has 114 valence electrons. The van der Waals surface area contributed by atoms with E-state index in [0.717, 1.165) is 6.54 Å². The molecule has 0 bridgehead atoms. The van der Waals surface area contributed by atoms with Crippen molar-refractivity contribution >= 4 is 11.6 Å². The maximum atomic E-state index is 12.3. The number of anilines is 1. The molecule has 2 N–H and O–H groups in total. The van der Waals surface area contributed by atoms with Gasteiger partial charge in [0.05, 0.1) is 0 Å². The number of fused-ring (bicyclic) bond motifs is 1. The predicted octanol–water partition coefficient (Wildman–Crippen LogP) is 3.67. The number of hydrogen-bond acceptors (Lipinski definition) is 2. The quantitative estimate of drug-likeness (QED) is 0.886. The van der Waals surface area contributed by atoms with Crippen LogP contribution in [0.2, 0.25) is 0 Å². The summed E-state index contributed by atoms with van der Waals surface area (Å²) >= 11 is 0. The largest absolute Gasteiger partial charge is 0.384 e. The van der Waals surface area contributed by atoms with Crippen LogP contribution in [-0.4, -0.2) is 18.5 Å². The highest BCUT2D eigenvalue weighted by Gasteiger charge is 2.26. The lowest BCUT2D eigenvalue weighted by atomic mass is 9.84. The van der Waals surface area contributed by atoms with E-state index in [9.17, 15) is 4.79 Å². The smallest absolute Gasteiger partial charge is 0.220 e. The number of hydrogen-bond donors (Lipinski definition) is 2. The second kappa shape index (κ2) is 6.50. The standard InChI is InChI=1S/C18H26N2O/c1-13(14-7-3-2-4-8-14)20-18(21)11-15-12-19-17-10-6-5-9-16(15)17/h5-6,9-10,13-15,19H,2-4,7-8,11-12H2,1H3,(H,20,21)/t13-,15?/m1/s1. The van der Waals surface area contributed by atoms with Crippen LogP contribution in [0.15, 0.2) is 24.3 Å². The average molecular weight is 286 g/mol. The topological polar surface area (TPSA) is 41.1 Å². The van der Waals surface area contributed by atoms with E-state index < -0.39 is 0 Å². The molecule has 2 aliphatic rings. The van der Waals surface area contributed by atoms with E-state index in [1.165, 1.54) is 43.4 Å². The fourth-order valence-corrected chi connectivity index (χ4v) is 3.83. The van der Waals surface area contributed by atoms with Gasteiger partial charge in [0.1, 0.15) is 0 Å². The molecule has 21 heavy (non-hydrogen) atoms. The third kappa shape index (κ3) is 3.39. The van der Waals surface area contributed by atoms with Crippen LogP contribution in [0.5, 0.6) is 0 Å². The van der Waals surface area contributed by atoms with Gasteiger partial charge in [-0.2, -0.15) is 0 Å². The van der Waals surface area contributed by atoms with E-state index in [-0.39, 0.29) is 5.91 Å². The molecule has 0 saturated heterocycles. The van der Waals surface area contributed by atoms with Gasteiger partial charge in [-0.25, -0.2) is 0 Å². The zero-order valence-electron chi connectivity index (χ0n) is 12.9. The van der Waals surface area contributed by atoms with Crippen LogP contribution < -0.4 is 10.6 Å². The summed E-state index contributed by atoms with van der Waals surface area (Å²) in [5.74, 6) is 1.20. The highest BCUT2D eigenvalue weighted by Crippen LogP contribution is 2.33. The molecule has 0 spiro atoms. The summed E-state index contributed by atoms with van der Waals surface area (Å²) in [6, 6.07) is 8.65. The average Bonchev–Trinajstić information content (AvgIpc) is 2.91. The minimum Gasteiger partial charge on any atom is -0.384 e. The first kappa shape index (κ1) is 14.4. The van der Waals surface area contributed by atoms with Gasteiger partial charge in [0.15, 0.2) is 0 Å². The van der Waals surface area contributed by atoms with Crippen molar-refractivity contribution in [3.8, 4) is 0 Å². The molecule has 1 fully saturated rings. The summed E-state index contributed by atoms with van der Waals surface area (Å²) in [7, 11) is 0. The van der Waals surface area contributed by atoms with Gasteiger partial charge in [-0.3, -0.25) is 4.79 Å². The zero-order valence-corrected chi connectivity index (χ0v) is 12.9. The van der Waals surface area contributed by atoms with Crippen molar-refractivity contribution < 1.29 is 4.79 Å². The van der Waals surface area contributed by atoms with Crippen LogP contribution in [0, 0.1) is 5.92 Å². The van der Waals surface area contributed by atoms with E-state index in [4.69, 9.17) is 0 Å². The third-order valence-electron chi connectivity index (χ3n) is 5.12. The summed E-state index contributed by atoms with van der Waals surface area (Å²) in [6.07, 6.45) is 7.16. The van der Waals surface area contributed by atoms with Gasteiger partial charge >= 0.3 is 0 Å². The minimum absolute atomic E-state index is 0.205. The first-order valence-electron chi connectivity index (χ1n) is 8.36. The maximum Gasteiger partial charge on any atom is 0.220 e. The van der Waals surface area contributed by atoms with Crippen molar-refractivity contribution in [1.82, 2.24) is 5.32 Å². The number of benzene rings is 1. The monoisotopic (exact) mass is 286 g/mol.